The van der Waals surface area contributed by atoms with Gasteiger partial charge in [-0.05, 0) is 0 Å². The molecule has 0 saturated carbocycles. The van der Waals surface area contributed by atoms with Gasteiger partial charge in [0.1, 0.15) is 5.60 Å². The Bertz CT molecular complexity index is 242. The molecule has 0 bridgehead atoms. The fraction of sp³-hybridized carbons (Fsp3) is 0.375. The van der Waals surface area contributed by atoms with Gasteiger partial charge in [-0.2, -0.15) is 0 Å². The molecule has 0 saturated heterocycles. The van der Waals surface area contributed by atoms with Crippen LogP contribution < -0.4 is 15.3 Å². The van der Waals surface area contributed by atoms with E-state index in [1.165, 1.54) is 0 Å². The molecule has 1 N–H and O–H groups in total. The number of aliphatic carboxylic acids is 3. The third-order valence-electron chi connectivity index (χ3n) is 1.25. The minimum absolute atomic E-state index is 1.36. The molecule has 15 heavy (non-hydrogen) atoms. The number of carboxylic acid groups (broad SMARTS) is 3. The Labute approximate surface area is 85.3 Å². The Kier molecular flexibility index (Phi) is 6.80. The van der Waals surface area contributed by atoms with E-state index < -0.39 is 36.4 Å². The van der Waals surface area contributed by atoms with Crippen LogP contribution in [0.3, 0.4) is 0 Å². The van der Waals surface area contributed by atoms with Gasteiger partial charge in [-0.1, -0.05) is 0 Å². The Morgan fingerprint density at radius 1 is 1.00 bits per heavy atom. The molecule has 0 spiro atoms. The minimum atomic E-state index is -2.97. The van der Waals surface area contributed by atoms with Crippen LogP contribution in [0.15, 0.2) is 13.2 Å². The van der Waals surface area contributed by atoms with Crippen molar-refractivity contribution in [2.24, 2.45) is 0 Å². The van der Waals surface area contributed by atoms with E-state index in [1.807, 2.05) is 0 Å². The monoisotopic (exact) mass is 217 g/mol. The number of carboxylic acids is 3. The van der Waals surface area contributed by atoms with Gasteiger partial charge in [0.2, 0.25) is 0 Å². The molecule has 0 aromatic rings. The Morgan fingerprint density at radius 3 is 1.40 bits per heavy atom. The quantitative estimate of drug-likeness (QED) is 0.458. The van der Waals surface area contributed by atoms with Crippen LogP contribution in [0, 0.1) is 0 Å². The van der Waals surface area contributed by atoms with Crippen molar-refractivity contribution in [3.8, 4) is 0 Å². The summed E-state index contributed by atoms with van der Waals surface area (Å²) in [5.41, 5.74) is -2.97. The lowest BCUT2D eigenvalue weighted by atomic mass is 9.96. The molecule has 0 aliphatic rings. The van der Waals surface area contributed by atoms with Crippen LogP contribution >= 0.6 is 0 Å². The number of carbonyl (C=O) groups excluding carboxylic acids is 3. The predicted molar refractivity (Wildman–Crippen MR) is 40.5 cm³/mol. The summed E-state index contributed by atoms with van der Waals surface area (Å²) in [5, 5.41) is 38.9. The summed E-state index contributed by atoms with van der Waals surface area (Å²) >= 11 is 0. The lowest BCUT2D eigenvalue weighted by Crippen LogP contribution is -2.54. The molecule has 7 heteroatoms. The molecule has 0 rings (SSSR count). The molecule has 86 valence electrons. The first kappa shape index (κ1) is 15.6. The minimum Gasteiger partial charge on any atom is -0.550 e. The van der Waals surface area contributed by atoms with E-state index in [0.717, 1.165) is 0 Å². The molecular weight excluding hydrogens is 208 g/mol. The second kappa shape index (κ2) is 6.55. The van der Waals surface area contributed by atoms with Crippen molar-refractivity contribution >= 4 is 17.9 Å². The van der Waals surface area contributed by atoms with Gasteiger partial charge in [-0.3, -0.25) is 0 Å². The highest BCUT2D eigenvalue weighted by molar-refractivity contribution is 5.86. The van der Waals surface area contributed by atoms with Crippen molar-refractivity contribution < 1.29 is 34.8 Å². The van der Waals surface area contributed by atoms with E-state index >= 15 is 0 Å². The Hall–Kier alpha value is -1.89. The van der Waals surface area contributed by atoms with Crippen molar-refractivity contribution in [3.63, 3.8) is 0 Å². The first-order valence-corrected chi connectivity index (χ1v) is 3.61. The second-order valence-corrected chi connectivity index (χ2v) is 2.42. The van der Waals surface area contributed by atoms with Gasteiger partial charge >= 0.3 is 0 Å². The summed E-state index contributed by atoms with van der Waals surface area (Å²) in [6.45, 7) is 6.00. The van der Waals surface area contributed by atoms with Crippen molar-refractivity contribution in [2.75, 3.05) is 0 Å². The third-order valence-corrected chi connectivity index (χ3v) is 1.25. The topological polar surface area (TPSA) is 141 Å². The first-order chi connectivity index (χ1) is 6.78. The van der Waals surface area contributed by atoms with E-state index in [0.29, 0.717) is 0 Å². The molecule has 0 fully saturated rings. The smallest absolute Gasteiger partial charge is 0.114 e. The van der Waals surface area contributed by atoms with Crippen LogP contribution in [0.1, 0.15) is 12.8 Å². The maximum atomic E-state index is 10.1. The number of carbonyl (C=O) groups is 3. The summed E-state index contributed by atoms with van der Waals surface area (Å²) in [6, 6.07) is 0. The molecule has 0 aliphatic heterocycles. The van der Waals surface area contributed by atoms with Gasteiger partial charge in [-0.15, -0.1) is 13.2 Å². The van der Waals surface area contributed by atoms with Crippen molar-refractivity contribution in [1.82, 2.24) is 0 Å². The highest BCUT2D eigenvalue weighted by atomic mass is 16.4. The summed E-state index contributed by atoms with van der Waals surface area (Å²) < 4.78 is 0. The lowest BCUT2D eigenvalue weighted by molar-refractivity contribution is -0.339. The van der Waals surface area contributed by atoms with Crippen molar-refractivity contribution in [1.29, 1.82) is 0 Å². The van der Waals surface area contributed by atoms with E-state index in [9.17, 15) is 29.7 Å². The van der Waals surface area contributed by atoms with Gasteiger partial charge in [0.05, 0.1) is 5.97 Å². The zero-order valence-electron chi connectivity index (χ0n) is 7.73. The fourth-order valence-corrected chi connectivity index (χ4v) is 0.684. The first-order valence-electron chi connectivity index (χ1n) is 3.61. The predicted octanol–water partition coefficient (Wildman–Crippen LogP) is -4.45. The van der Waals surface area contributed by atoms with Crippen LogP contribution in [0.2, 0.25) is 0 Å². The Balaban J connectivity index is 0. The standard InChI is InChI=1S/C6H8O7.C2H4/c7-3(8)1-6(13,5(11)12)2-4(9)10;1-2/h13H,1-2H2,(H,7,8)(H,9,10)(H,11,12);1-2H2/p-3. The van der Waals surface area contributed by atoms with E-state index in [1.54, 1.807) is 0 Å². The van der Waals surface area contributed by atoms with Gasteiger partial charge in [0, 0.05) is 24.8 Å². The maximum Gasteiger partial charge on any atom is 0.114 e. The largest absolute Gasteiger partial charge is 0.550 e. The van der Waals surface area contributed by atoms with Gasteiger partial charge < -0.3 is 34.8 Å². The summed E-state index contributed by atoms with van der Waals surface area (Å²) in [5.74, 6) is -5.98. The zero-order chi connectivity index (χ0) is 12.6. The summed E-state index contributed by atoms with van der Waals surface area (Å²) in [6.07, 6.45) is -2.72. The number of rotatable bonds is 5. The molecule has 7 nitrogen and oxygen atoms in total. The van der Waals surface area contributed by atoms with Gasteiger partial charge in [0.15, 0.2) is 0 Å². The van der Waals surface area contributed by atoms with Crippen LogP contribution in [0.4, 0.5) is 0 Å². The summed E-state index contributed by atoms with van der Waals surface area (Å²) in [7, 11) is 0. The number of hydrogen-bond donors (Lipinski definition) is 1. The van der Waals surface area contributed by atoms with Gasteiger partial charge in [0.25, 0.3) is 0 Å². The van der Waals surface area contributed by atoms with E-state index in [2.05, 4.69) is 13.2 Å². The van der Waals surface area contributed by atoms with Crippen LogP contribution in [0.25, 0.3) is 0 Å². The highest BCUT2D eigenvalue weighted by Gasteiger charge is 2.29. The van der Waals surface area contributed by atoms with Crippen molar-refractivity contribution in [2.45, 2.75) is 18.4 Å². The molecule has 0 aromatic heterocycles. The van der Waals surface area contributed by atoms with Gasteiger partial charge in [-0.25, -0.2) is 0 Å². The molecule has 0 heterocycles. The molecule has 0 radical (unpaired) electrons. The van der Waals surface area contributed by atoms with E-state index in [-0.39, 0.29) is 0 Å². The normalized spacial score (nSPS) is 9.67. The second-order valence-electron chi connectivity index (χ2n) is 2.42. The molecule has 0 atom stereocenters. The third kappa shape index (κ3) is 6.22. The molecule has 0 amide bonds. The average molecular weight is 217 g/mol. The van der Waals surface area contributed by atoms with Crippen LogP contribution in [-0.2, 0) is 14.4 Å². The average Bonchev–Trinajstić information content (AvgIpc) is 2.04. The zero-order valence-corrected chi connectivity index (χ0v) is 7.73. The maximum absolute atomic E-state index is 10.1. The molecule has 0 aliphatic carbocycles. The number of hydrogen-bond acceptors (Lipinski definition) is 7. The van der Waals surface area contributed by atoms with Crippen molar-refractivity contribution in [3.05, 3.63) is 13.2 Å². The molecular formula is C8H9O7-3. The lowest BCUT2D eigenvalue weighted by Gasteiger charge is -2.29. The van der Waals surface area contributed by atoms with Crippen LogP contribution in [0.5, 0.6) is 0 Å². The summed E-state index contributed by atoms with van der Waals surface area (Å²) in [4.78, 5) is 30.0. The number of aliphatic hydroxyl groups is 1. The van der Waals surface area contributed by atoms with Crippen LogP contribution in [-0.4, -0.2) is 28.6 Å². The highest BCUT2D eigenvalue weighted by Crippen LogP contribution is 2.13. The molecule has 0 aromatic carbocycles. The Morgan fingerprint density at radius 2 is 1.27 bits per heavy atom. The van der Waals surface area contributed by atoms with E-state index in [4.69, 9.17) is 5.11 Å². The fourth-order valence-electron chi connectivity index (χ4n) is 0.684. The SMILES string of the molecule is C=C.O=C([O-])CC(O)(CC(=O)[O-])C(=O)[O-]. The molecule has 0 unspecified atom stereocenters.